The summed E-state index contributed by atoms with van der Waals surface area (Å²) in [5.74, 6) is 2.02. The van der Waals surface area contributed by atoms with E-state index in [9.17, 15) is 0 Å². The first-order valence-electron chi connectivity index (χ1n) is 7.54. The molecule has 1 aliphatic heterocycles. The number of nitrogens with two attached hydrogens (primary N) is 1. The van der Waals surface area contributed by atoms with Gasteiger partial charge in [-0.25, -0.2) is 0 Å². The van der Waals surface area contributed by atoms with Crippen molar-refractivity contribution < 1.29 is 4.52 Å². The highest BCUT2D eigenvalue weighted by Crippen LogP contribution is 2.17. The van der Waals surface area contributed by atoms with Crippen molar-refractivity contribution in [2.24, 2.45) is 11.7 Å². The highest BCUT2D eigenvalue weighted by Gasteiger charge is 2.24. The van der Waals surface area contributed by atoms with Crippen LogP contribution in [0.5, 0.6) is 0 Å². The molecule has 2 atom stereocenters. The Morgan fingerprint density at radius 3 is 2.90 bits per heavy atom. The van der Waals surface area contributed by atoms with E-state index < -0.39 is 0 Å². The summed E-state index contributed by atoms with van der Waals surface area (Å²) in [6.45, 7) is 4.86. The molecule has 2 N–H and O–H groups in total. The molecule has 3 rings (SSSR count). The first kappa shape index (κ1) is 14.2. The summed E-state index contributed by atoms with van der Waals surface area (Å²) in [6, 6.07) is 10.4. The second-order valence-electron chi connectivity index (χ2n) is 5.93. The van der Waals surface area contributed by atoms with E-state index >= 15 is 0 Å². The molecule has 2 aromatic rings. The molecule has 5 nitrogen and oxygen atoms in total. The Morgan fingerprint density at radius 2 is 2.14 bits per heavy atom. The number of nitrogens with zero attached hydrogens (tertiary/aromatic N) is 3. The summed E-state index contributed by atoms with van der Waals surface area (Å²) in [5.41, 5.74) is 7.31. The van der Waals surface area contributed by atoms with Crippen molar-refractivity contribution in [1.29, 1.82) is 0 Å². The zero-order chi connectivity index (χ0) is 14.7. The summed E-state index contributed by atoms with van der Waals surface area (Å²) in [6.07, 6.45) is 1.84. The Kier molecular flexibility index (Phi) is 4.31. The summed E-state index contributed by atoms with van der Waals surface area (Å²) in [5, 5.41) is 4.07. The smallest absolute Gasteiger partial charge is 0.240 e. The first-order valence-corrected chi connectivity index (χ1v) is 7.54. The number of benzene rings is 1. The van der Waals surface area contributed by atoms with Crippen LogP contribution >= 0.6 is 0 Å². The normalized spacial score (nSPS) is 23.3. The van der Waals surface area contributed by atoms with Gasteiger partial charge < -0.3 is 10.3 Å². The van der Waals surface area contributed by atoms with Crippen LogP contribution in [0.1, 0.15) is 30.6 Å². The van der Waals surface area contributed by atoms with E-state index in [1.54, 1.807) is 0 Å². The van der Waals surface area contributed by atoms with Gasteiger partial charge in [0.2, 0.25) is 5.89 Å². The van der Waals surface area contributed by atoms with Gasteiger partial charge in [0.05, 0.1) is 6.54 Å². The third-order valence-electron chi connectivity index (χ3n) is 4.17. The average Bonchev–Trinajstić information content (AvgIpc) is 2.91. The van der Waals surface area contributed by atoms with Gasteiger partial charge >= 0.3 is 0 Å². The molecule has 2 heterocycles. The number of aromatic nitrogens is 2. The fourth-order valence-electron chi connectivity index (χ4n) is 2.71. The van der Waals surface area contributed by atoms with E-state index in [1.807, 2.05) is 18.2 Å². The van der Waals surface area contributed by atoms with Crippen molar-refractivity contribution in [3.05, 3.63) is 47.6 Å². The SMILES string of the molecule is CC1CCN(Cc2nc(Cc3ccccc3)no2)CC1N. The van der Waals surface area contributed by atoms with Crippen LogP contribution in [0.3, 0.4) is 0 Å². The third kappa shape index (κ3) is 3.68. The molecule has 0 radical (unpaired) electrons. The van der Waals surface area contributed by atoms with Crippen LogP contribution in [0.25, 0.3) is 0 Å². The summed E-state index contributed by atoms with van der Waals surface area (Å²) in [7, 11) is 0. The largest absolute Gasteiger partial charge is 0.338 e. The van der Waals surface area contributed by atoms with Gasteiger partial charge in [0, 0.05) is 19.0 Å². The molecule has 0 saturated carbocycles. The number of piperidine rings is 1. The Bertz CT molecular complexity index is 569. The predicted molar refractivity (Wildman–Crippen MR) is 80.6 cm³/mol. The molecule has 0 bridgehead atoms. The molecule has 1 aromatic heterocycles. The Labute approximate surface area is 125 Å². The van der Waals surface area contributed by atoms with Crippen LogP contribution in [-0.2, 0) is 13.0 Å². The molecule has 21 heavy (non-hydrogen) atoms. The zero-order valence-electron chi connectivity index (χ0n) is 12.4. The summed E-state index contributed by atoms with van der Waals surface area (Å²) in [4.78, 5) is 6.78. The molecule has 1 aliphatic rings. The van der Waals surface area contributed by atoms with Crippen molar-refractivity contribution in [3.8, 4) is 0 Å². The van der Waals surface area contributed by atoms with Gasteiger partial charge in [0.25, 0.3) is 0 Å². The van der Waals surface area contributed by atoms with Gasteiger partial charge in [-0.15, -0.1) is 0 Å². The molecule has 1 fully saturated rings. The quantitative estimate of drug-likeness (QED) is 0.928. The van der Waals surface area contributed by atoms with Gasteiger partial charge in [-0.2, -0.15) is 4.98 Å². The molecule has 112 valence electrons. The van der Waals surface area contributed by atoms with Crippen LogP contribution in [0.2, 0.25) is 0 Å². The Balaban J connectivity index is 1.58. The molecule has 2 unspecified atom stereocenters. The zero-order valence-corrected chi connectivity index (χ0v) is 12.4. The van der Waals surface area contributed by atoms with E-state index in [2.05, 4.69) is 34.1 Å². The van der Waals surface area contributed by atoms with E-state index in [4.69, 9.17) is 10.3 Å². The van der Waals surface area contributed by atoms with Crippen molar-refractivity contribution in [1.82, 2.24) is 15.0 Å². The van der Waals surface area contributed by atoms with E-state index in [0.717, 1.165) is 25.3 Å². The molecule has 0 spiro atoms. The summed E-state index contributed by atoms with van der Waals surface area (Å²) < 4.78 is 5.36. The van der Waals surface area contributed by atoms with E-state index in [-0.39, 0.29) is 6.04 Å². The lowest BCUT2D eigenvalue weighted by Gasteiger charge is -2.34. The maximum Gasteiger partial charge on any atom is 0.240 e. The van der Waals surface area contributed by atoms with Crippen molar-refractivity contribution >= 4 is 0 Å². The fourth-order valence-corrected chi connectivity index (χ4v) is 2.71. The second-order valence-corrected chi connectivity index (χ2v) is 5.93. The Hall–Kier alpha value is -1.72. The lowest BCUT2D eigenvalue weighted by atomic mass is 9.94. The van der Waals surface area contributed by atoms with Crippen LogP contribution in [0, 0.1) is 5.92 Å². The highest BCUT2D eigenvalue weighted by atomic mass is 16.5. The molecule has 0 amide bonds. The second kappa shape index (κ2) is 6.37. The first-order chi connectivity index (χ1) is 10.2. The molecule has 1 aromatic carbocycles. The van der Waals surface area contributed by atoms with Gasteiger partial charge in [-0.3, -0.25) is 4.90 Å². The fraction of sp³-hybridized carbons (Fsp3) is 0.500. The van der Waals surface area contributed by atoms with Gasteiger partial charge in [-0.05, 0) is 24.4 Å². The standard InChI is InChI=1S/C16H22N4O/c1-12-7-8-20(10-14(12)17)11-16-18-15(19-21-16)9-13-5-3-2-4-6-13/h2-6,12,14H,7-11,17H2,1H3. The monoisotopic (exact) mass is 286 g/mol. The van der Waals surface area contributed by atoms with Crippen LogP contribution < -0.4 is 5.73 Å². The lowest BCUT2D eigenvalue weighted by molar-refractivity contribution is 0.146. The van der Waals surface area contributed by atoms with Crippen molar-refractivity contribution in [2.45, 2.75) is 32.4 Å². The van der Waals surface area contributed by atoms with Crippen molar-refractivity contribution in [3.63, 3.8) is 0 Å². The molecule has 0 aliphatic carbocycles. The van der Waals surface area contributed by atoms with Crippen molar-refractivity contribution in [2.75, 3.05) is 13.1 Å². The minimum Gasteiger partial charge on any atom is -0.338 e. The number of rotatable bonds is 4. The summed E-state index contributed by atoms with van der Waals surface area (Å²) >= 11 is 0. The number of hydrogen-bond acceptors (Lipinski definition) is 5. The lowest BCUT2D eigenvalue weighted by Crippen LogP contribution is -2.47. The van der Waals surface area contributed by atoms with Gasteiger partial charge in [-0.1, -0.05) is 42.4 Å². The third-order valence-corrected chi connectivity index (χ3v) is 4.17. The average molecular weight is 286 g/mol. The van der Waals surface area contributed by atoms with E-state index in [1.165, 1.54) is 5.56 Å². The topological polar surface area (TPSA) is 68.2 Å². The minimum absolute atomic E-state index is 0.241. The predicted octanol–water partition coefficient (Wildman–Crippen LogP) is 1.83. The molecule has 1 saturated heterocycles. The van der Waals surface area contributed by atoms with Gasteiger partial charge in [0.15, 0.2) is 5.82 Å². The minimum atomic E-state index is 0.241. The van der Waals surface area contributed by atoms with E-state index in [0.29, 0.717) is 24.8 Å². The Morgan fingerprint density at radius 1 is 1.33 bits per heavy atom. The maximum atomic E-state index is 6.12. The van der Waals surface area contributed by atoms with Crippen LogP contribution in [0.4, 0.5) is 0 Å². The number of likely N-dealkylation sites (tertiary alicyclic amines) is 1. The number of hydrogen-bond donors (Lipinski definition) is 1. The maximum absolute atomic E-state index is 6.12. The highest BCUT2D eigenvalue weighted by molar-refractivity contribution is 5.18. The molecule has 5 heteroatoms. The van der Waals surface area contributed by atoms with Crippen LogP contribution in [0.15, 0.2) is 34.9 Å². The van der Waals surface area contributed by atoms with Crippen LogP contribution in [-0.4, -0.2) is 34.2 Å². The molecular formula is C16H22N4O. The molecular weight excluding hydrogens is 264 g/mol. The van der Waals surface area contributed by atoms with Gasteiger partial charge in [0.1, 0.15) is 0 Å².